The van der Waals surface area contributed by atoms with E-state index in [1.165, 1.54) is 0 Å². The highest BCUT2D eigenvalue weighted by Gasteiger charge is 2.16. The lowest BCUT2D eigenvalue weighted by Crippen LogP contribution is -2.16. The van der Waals surface area contributed by atoms with Crippen LogP contribution in [-0.2, 0) is 12.8 Å². The molecule has 0 spiro atoms. The van der Waals surface area contributed by atoms with Gasteiger partial charge in [0, 0.05) is 24.2 Å². The van der Waals surface area contributed by atoms with Crippen LogP contribution in [0.3, 0.4) is 0 Å². The number of aromatic nitrogens is 2. The molecule has 0 radical (unpaired) electrons. The van der Waals surface area contributed by atoms with E-state index < -0.39 is 0 Å². The molecule has 2 heterocycles. The highest BCUT2D eigenvalue weighted by molar-refractivity contribution is 6.28. The average molecular weight is 305 g/mol. The van der Waals surface area contributed by atoms with Gasteiger partial charge in [-0.1, -0.05) is 0 Å². The van der Waals surface area contributed by atoms with E-state index in [4.69, 9.17) is 16.3 Å². The Morgan fingerprint density at radius 2 is 1.90 bits per heavy atom. The van der Waals surface area contributed by atoms with Crippen molar-refractivity contribution in [2.75, 3.05) is 25.5 Å². The number of anilines is 2. The first kappa shape index (κ1) is 14.1. The van der Waals surface area contributed by atoms with Crippen molar-refractivity contribution in [3.63, 3.8) is 0 Å². The maximum Gasteiger partial charge on any atom is 0.224 e. The van der Waals surface area contributed by atoms with Crippen molar-refractivity contribution >= 4 is 23.1 Å². The summed E-state index contributed by atoms with van der Waals surface area (Å²) in [5, 5.41) is 6.98. The quantitative estimate of drug-likeness (QED) is 0.854. The molecule has 0 fully saturated rings. The Kier molecular flexibility index (Phi) is 4.22. The zero-order chi connectivity index (χ0) is 14.7. The van der Waals surface area contributed by atoms with Gasteiger partial charge in [0.25, 0.3) is 0 Å². The van der Waals surface area contributed by atoms with Crippen LogP contribution < -0.4 is 15.4 Å². The number of methoxy groups -OCH3 is 1. The molecule has 2 N–H and O–H groups in total. The molecule has 0 bridgehead atoms. The van der Waals surface area contributed by atoms with Crippen molar-refractivity contribution in [1.29, 1.82) is 0 Å². The molecule has 1 aliphatic rings. The van der Waals surface area contributed by atoms with Gasteiger partial charge in [0.1, 0.15) is 11.6 Å². The Morgan fingerprint density at radius 3 is 2.67 bits per heavy atom. The van der Waals surface area contributed by atoms with Crippen molar-refractivity contribution in [3.05, 3.63) is 40.8 Å². The summed E-state index contributed by atoms with van der Waals surface area (Å²) in [7, 11) is 1.65. The number of nitrogens with zero attached hydrogens (tertiary/aromatic N) is 2. The van der Waals surface area contributed by atoms with Crippen molar-refractivity contribution in [1.82, 2.24) is 15.3 Å². The van der Waals surface area contributed by atoms with Crippen molar-refractivity contribution < 1.29 is 4.74 Å². The molecule has 0 saturated carbocycles. The Hall–Kier alpha value is -1.85. The largest absolute Gasteiger partial charge is 0.497 e. The Labute approximate surface area is 128 Å². The summed E-state index contributed by atoms with van der Waals surface area (Å²) in [6, 6.07) is 7.73. The average Bonchev–Trinajstić information content (AvgIpc) is 2.73. The van der Waals surface area contributed by atoms with Crippen LogP contribution in [0, 0.1) is 0 Å². The van der Waals surface area contributed by atoms with Gasteiger partial charge in [0.05, 0.1) is 12.8 Å². The van der Waals surface area contributed by atoms with Gasteiger partial charge in [-0.15, -0.1) is 0 Å². The van der Waals surface area contributed by atoms with Gasteiger partial charge in [0.2, 0.25) is 5.28 Å². The van der Waals surface area contributed by atoms with E-state index in [1.807, 2.05) is 24.3 Å². The lowest BCUT2D eigenvalue weighted by Gasteiger charge is -2.13. The van der Waals surface area contributed by atoms with Gasteiger partial charge in [0.15, 0.2) is 0 Å². The predicted octanol–water partition coefficient (Wildman–Crippen LogP) is 2.57. The number of hydrogen-bond donors (Lipinski definition) is 2. The summed E-state index contributed by atoms with van der Waals surface area (Å²) in [5.74, 6) is 1.61. The minimum atomic E-state index is 0.284. The molecule has 0 atom stereocenters. The molecule has 21 heavy (non-hydrogen) atoms. The van der Waals surface area contributed by atoms with Gasteiger partial charge in [-0.25, -0.2) is 9.97 Å². The van der Waals surface area contributed by atoms with Gasteiger partial charge in [-0.05, 0) is 48.8 Å². The molecule has 0 saturated heterocycles. The molecule has 0 unspecified atom stereocenters. The molecule has 6 heteroatoms. The first-order valence-electron chi connectivity index (χ1n) is 6.93. The number of rotatable bonds is 3. The number of nitrogens with one attached hydrogen (secondary N) is 2. The molecule has 1 aliphatic heterocycles. The van der Waals surface area contributed by atoms with E-state index in [0.717, 1.165) is 54.4 Å². The molecular weight excluding hydrogens is 288 g/mol. The minimum absolute atomic E-state index is 0.284. The van der Waals surface area contributed by atoms with Gasteiger partial charge in [-0.2, -0.15) is 0 Å². The molecule has 1 aromatic heterocycles. The first-order chi connectivity index (χ1) is 10.3. The van der Waals surface area contributed by atoms with Crippen molar-refractivity contribution in [3.8, 4) is 5.75 Å². The lowest BCUT2D eigenvalue weighted by molar-refractivity contribution is 0.415. The summed E-state index contributed by atoms with van der Waals surface area (Å²) in [6.07, 6.45) is 1.76. The Balaban J connectivity index is 1.91. The predicted molar refractivity (Wildman–Crippen MR) is 83.6 cm³/mol. The van der Waals surface area contributed by atoms with Crippen LogP contribution in [0.1, 0.15) is 11.3 Å². The number of hydrogen-bond acceptors (Lipinski definition) is 5. The fourth-order valence-electron chi connectivity index (χ4n) is 2.43. The summed E-state index contributed by atoms with van der Waals surface area (Å²) < 4.78 is 5.16. The SMILES string of the molecule is COc1ccc(Nc2nc(Cl)nc3c2CCNCC3)cc1. The summed E-state index contributed by atoms with van der Waals surface area (Å²) in [6.45, 7) is 1.84. The van der Waals surface area contributed by atoms with Gasteiger partial charge >= 0.3 is 0 Å². The molecule has 0 aliphatic carbocycles. The highest BCUT2D eigenvalue weighted by Crippen LogP contribution is 2.25. The number of fused-ring (bicyclic) bond motifs is 1. The Morgan fingerprint density at radius 1 is 1.14 bits per heavy atom. The van der Waals surface area contributed by atoms with Gasteiger partial charge < -0.3 is 15.4 Å². The molecule has 3 rings (SSSR count). The molecule has 5 nitrogen and oxygen atoms in total. The fraction of sp³-hybridized carbons (Fsp3) is 0.333. The fourth-order valence-corrected chi connectivity index (χ4v) is 2.62. The number of ether oxygens (including phenoxy) is 1. The maximum atomic E-state index is 6.05. The second-order valence-corrected chi connectivity index (χ2v) is 5.21. The van der Waals surface area contributed by atoms with Crippen LogP contribution in [-0.4, -0.2) is 30.2 Å². The van der Waals surface area contributed by atoms with Crippen LogP contribution in [0.4, 0.5) is 11.5 Å². The molecule has 110 valence electrons. The van der Waals surface area contributed by atoms with E-state index in [1.54, 1.807) is 7.11 Å². The van der Waals surface area contributed by atoms with E-state index in [0.29, 0.717) is 0 Å². The zero-order valence-electron chi connectivity index (χ0n) is 11.8. The van der Waals surface area contributed by atoms with Crippen LogP contribution in [0.2, 0.25) is 5.28 Å². The Bertz CT molecular complexity index is 630. The third-order valence-corrected chi connectivity index (χ3v) is 3.68. The number of halogens is 1. The normalized spacial score (nSPS) is 14.2. The van der Waals surface area contributed by atoms with Crippen LogP contribution in [0.25, 0.3) is 0 Å². The summed E-state index contributed by atoms with van der Waals surface area (Å²) in [5.41, 5.74) is 3.11. The second kappa shape index (κ2) is 6.28. The second-order valence-electron chi connectivity index (χ2n) is 4.87. The lowest BCUT2D eigenvalue weighted by atomic mass is 10.1. The van der Waals surface area contributed by atoms with Crippen LogP contribution in [0.15, 0.2) is 24.3 Å². The third kappa shape index (κ3) is 3.25. The van der Waals surface area contributed by atoms with Crippen molar-refractivity contribution in [2.24, 2.45) is 0 Å². The summed E-state index contributed by atoms with van der Waals surface area (Å²) in [4.78, 5) is 8.71. The van der Waals surface area contributed by atoms with Crippen LogP contribution in [0.5, 0.6) is 5.75 Å². The molecule has 1 aromatic carbocycles. The number of benzene rings is 1. The molecule has 2 aromatic rings. The zero-order valence-corrected chi connectivity index (χ0v) is 12.6. The smallest absolute Gasteiger partial charge is 0.224 e. The van der Waals surface area contributed by atoms with Crippen LogP contribution >= 0.6 is 11.6 Å². The van der Waals surface area contributed by atoms with E-state index in [9.17, 15) is 0 Å². The van der Waals surface area contributed by atoms with E-state index in [-0.39, 0.29) is 5.28 Å². The minimum Gasteiger partial charge on any atom is -0.497 e. The maximum absolute atomic E-state index is 6.05. The van der Waals surface area contributed by atoms with Crippen molar-refractivity contribution in [2.45, 2.75) is 12.8 Å². The first-order valence-corrected chi connectivity index (χ1v) is 7.31. The van der Waals surface area contributed by atoms with Gasteiger partial charge in [-0.3, -0.25) is 0 Å². The molecule has 0 amide bonds. The molecular formula is C15H17ClN4O. The highest BCUT2D eigenvalue weighted by atomic mass is 35.5. The van der Waals surface area contributed by atoms with E-state index in [2.05, 4.69) is 20.6 Å². The third-order valence-electron chi connectivity index (χ3n) is 3.51. The standard InChI is InChI=1S/C15H17ClN4O/c1-21-11-4-2-10(3-5-11)18-14-12-6-8-17-9-7-13(12)19-15(16)20-14/h2-5,17H,6-9H2,1H3,(H,18,19,20). The monoisotopic (exact) mass is 304 g/mol. The van der Waals surface area contributed by atoms with E-state index >= 15 is 0 Å². The summed E-state index contributed by atoms with van der Waals surface area (Å²) >= 11 is 6.05. The topological polar surface area (TPSA) is 59.1 Å².